The van der Waals surface area contributed by atoms with Gasteiger partial charge in [0.25, 0.3) is 5.95 Å². The van der Waals surface area contributed by atoms with Crippen molar-refractivity contribution in [3.8, 4) is 17.5 Å². The SMILES string of the molecule is CNc1nc(-c2ccco2)nc(-n2cccn2)n1. The summed E-state index contributed by atoms with van der Waals surface area (Å²) in [5, 5.41) is 6.98. The molecule has 3 aromatic rings. The lowest BCUT2D eigenvalue weighted by Gasteiger charge is -2.04. The van der Waals surface area contributed by atoms with Gasteiger partial charge in [-0.2, -0.15) is 20.1 Å². The molecule has 3 rings (SSSR count). The lowest BCUT2D eigenvalue weighted by Crippen LogP contribution is -2.07. The first kappa shape index (κ1) is 10.5. The summed E-state index contributed by atoms with van der Waals surface area (Å²) >= 11 is 0. The standard InChI is InChI=1S/C11H10N6O/c1-12-10-14-9(8-4-2-7-18-8)15-11(16-10)17-6-3-5-13-17/h2-7H,1H3,(H,12,14,15,16). The van der Waals surface area contributed by atoms with Gasteiger partial charge in [0.1, 0.15) is 0 Å². The minimum Gasteiger partial charge on any atom is -0.461 e. The van der Waals surface area contributed by atoms with Crippen LogP contribution in [0.5, 0.6) is 0 Å². The Kier molecular flexibility index (Phi) is 2.49. The Bertz CT molecular complexity index is 579. The van der Waals surface area contributed by atoms with Gasteiger partial charge in [-0.3, -0.25) is 0 Å². The fourth-order valence-electron chi connectivity index (χ4n) is 1.48. The van der Waals surface area contributed by atoms with Crippen LogP contribution in [0.25, 0.3) is 17.5 Å². The quantitative estimate of drug-likeness (QED) is 0.746. The number of hydrogen-bond donors (Lipinski definition) is 1. The summed E-state index contributed by atoms with van der Waals surface area (Å²) in [5.41, 5.74) is 0. The lowest BCUT2D eigenvalue weighted by molar-refractivity contribution is 0.576. The molecule has 0 atom stereocenters. The van der Waals surface area contributed by atoms with Crippen molar-refractivity contribution >= 4 is 5.95 Å². The van der Waals surface area contributed by atoms with Crippen LogP contribution in [-0.2, 0) is 0 Å². The van der Waals surface area contributed by atoms with E-state index in [1.165, 1.54) is 0 Å². The molecule has 0 spiro atoms. The molecule has 7 heteroatoms. The molecule has 3 aromatic heterocycles. The second-order valence-corrected chi connectivity index (χ2v) is 3.46. The summed E-state index contributed by atoms with van der Waals surface area (Å²) in [7, 11) is 1.74. The van der Waals surface area contributed by atoms with Crippen molar-refractivity contribution in [2.24, 2.45) is 0 Å². The minimum atomic E-state index is 0.436. The first-order chi connectivity index (χ1) is 8.86. The van der Waals surface area contributed by atoms with Crippen molar-refractivity contribution in [2.75, 3.05) is 12.4 Å². The van der Waals surface area contributed by atoms with Crippen molar-refractivity contribution in [1.29, 1.82) is 0 Å². The van der Waals surface area contributed by atoms with E-state index in [2.05, 4.69) is 25.4 Å². The molecule has 0 fully saturated rings. The van der Waals surface area contributed by atoms with Gasteiger partial charge in [0.05, 0.1) is 6.26 Å². The molecule has 0 aliphatic rings. The van der Waals surface area contributed by atoms with E-state index in [1.807, 2.05) is 0 Å². The van der Waals surface area contributed by atoms with Crippen LogP contribution < -0.4 is 5.32 Å². The third kappa shape index (κ3) is 1.81. The number of aromatic nitrogens is 5. The Morgan fingerprint density at radius 2 is 2.17 bits per heavy atom. The molecule has 0 aliphatic carbocycles. The van der Waals surface area contributed by atoms with Crippen LogP contribution in [0.4, 0.5) is 5.95 Å². The highest BCUT2D eigenvalue weighted by Gasteiger charge is 2.11. The number of furan rings is 1. The van der Waals surface area contributed by atoms with Crippen LogP contribution in [0.2, 0.25) is 0 Å². The maximum Gasteiger partial charge on any atom is 0.256 e. The second kappa shape index (κ2) is 4.28. The Morgan fingerprint density at radius 1 is 1.22 bits per heavy atom. The minimum absolute atomic E-state index is 0.436. The number of rotatable bonds is 3. The van der Waals surface area contributed by atoms with Gasteiger partial charge >= 0.3 is 0 Å². The first-order valence-corrected chi connectivity index (χ1v) is 5.34. The fourth-order valence-corrected chi connectivity index (χ4v) is 1.48. The van der Waals surface area contributed by atoms with E-state index in [0.29, 0.717) is 23.5 Å². The largest absolute Gasteiger partial charge is 0.461 e. The fraction of sp³-hybridized carbons (Fsp3) is 0.0909. The monoisotopic (exact) mass is 242 g/mol. The summed E-state index contributed by atoms with van der Waals surface area (Å²) < 4.78 is 6.85. The molecule has 7 nitrogen and oxygen atoms in total. The van der Waals surface area contributed by atoms with Crippen LogP contribution in [0.3, 0.4) is 0 Å². The van der Waals surface area contributed by atoms with E-state index in [0.717, 1.165) is 0 Å². The van der Waals surface area contributed by atoms with Gasteiger partial charge in [0.15, 0.2) is 5.76 Å². The third-order valence-corrected chi connectivity index (χ3v) is 2.30. The molecule has 0 radical (unpaired) electrons. The zero-order valence-corrected chi connectivity index (χ0v) is 9.61. The zero-order valence-electron chi connectivity index (χ0n) is 9.61. The molecule has 18 heavy (non-hydrogen) atoms. The average Bonchev–Trinajstić information content (AvgIpc) is 3.10. The molecule has 0 bridgehead atoms. The lowest BCUT2D eigenvalue weighted by atomic mass is 10.4. The predicted octanol–water partition coefficient (Wildman–Crippen LogP) is 1.36. The van der Waals surface area contributed by atoms with Gasteiger partial charge in [-0.15, -0.1) is 0 Å². The molecular formula is C11H10N6O. The molecule has 3 heterocycles. The molecular weight excluding hydrogens is 232 g/mol. The normalized spacial score (nSPS) is 10.5. The van der Waals surface area contributed by atoms with Gasteiger partial charge in [0, 0.05) is 19.4 Å². The number of nitrogens with zero attached hydrogens (tertiary/aromatic N) is 5. The summed E-state index contributed by atoms with van der Waals surface area (Å²) in [5.74, 6) is 1.94. The highest BCUT2D eigenvalue weighted by atomic mass is 16.3. The van der Waals surface area contributed by atoms with Crippen LogP contribution in [0, 0.1) is 0 Å². The van der Waals surface area contributed by atoms with Gasteiger partial charge in [-0.25, -0.2) is 4.68 Å². The Hall–Kier alpha value is -2.70. The predicted molar refractivity (Wildman–Crippen MR) is 64.2 cm³/mol. The van der Waals surface area contributed by atoms with Gasteiger partial charge < -0.3 is 9.73 Å². The highest BCUT2D eigenvalue weighted by Crippen LogP contribution is 2.17. The molecule has 90 valence electrons. The Balaban J connectivity index is 2.13. The molecule has 0 saturated carbocycles. The molecule has 0 amide bonds. The Morgan fingerprint density at radius 3 is 2.83 bits per heavy atom. The van der Waals surface area contributed by atoms with Crippen molar-refractivity contribution in [3.63, 3.8) is 0 Å². The highest BCUT2D eigenvalue weighted by molar-refractivity contribution is 5.49. The number of hydrogen-bond acceptors (Lipinski definition) is 6. The van der Waals surface area contributed by atoms with E-state index < -0.39 is 0 Å². The summed E-state index contributed by atoms with van der Waals surface area (Å²) in [6.45, 7) is 0. The van der Waals surface area contributed by atoms with E-state index in [1.54, 1.807) is 48.6 Å². The molecule has 1 N–H and O–H groups in total. The topological polar surface area (TPSA) is 81.7 Å². The first-order valence-electron chi connectivity index (χ1n) is 5.34. The zero-order chi connectivity index (χ0) is 12.4. The maximum absolute atomic E-state index is 5.28. The van der Waals surface area contributed by atoms with Crippen molar-refractivity contribution < 1.29 is 4.42 Å². The molecule has 0 aromatic carbocycles. The van der Waals surface area contributed by atoms with E-state index in [-0.39, 0.29) is 0 Å². The van der Waals surface area contributed by atoms with Gasteiger partial charge in [-0.1, -0.05) is 0 Å². The summed E-state index contributed by atoms with van der Waals surface area (Å²) in [6, 6.07) is 5.38. The van der Waals surface area contributed by atoms with Crippen LogP contribution in [0.1, 0.15) is 0 Å². The maximum atomic E-state index is 5.28. The third-order valence-electron chi connectivity index (χ3n) is 2.30. The van der Waals surface area contributed by atoms with E-state index in [9.17, 15) is 0 Å². The van der Waals surface area contributed by atoms with Crippen molar-refractivity contribution in [3.05, 3.63) is 36.9 Å². The summed E-state index contributed by atoms with van der Waals surface area (Å²) in [4.78, 5) is 12.8. The van der Waals surface area contributed by atoms with Crippen molar-refractivity contribution in [2.45, 2.75) is 0 Å². The molecule has 0 aliphatic heterocycles. The van der Waals surface area contributed by atoms with E-state index in [4.69, 9.17) is 4.42 Å². The number of anilines is 1. The van der Waals surface area contributed by atoms with Crippen LogP contribution >= 0.6 is 0 Å². The van der Waals surface area contributed by atoms with Gasteiger partial charge in [-0.05, 0) is 18.2 Å². The van der Waals surface area contributed by atoms with Crippen molar-refractivity contribution in [1.82, 2.24) is 24.7 Å². The second-order valence-electron chi connectivity index (χ2n) is 3.46. The Labute approximate surface area is 103 Å². The smallest absolute Gasteiger partial charge is 0.256 e. The van der Waals surface area contributed by atoms with E-state index >= 15 is 0 Å². The molecule has 0 unspecified atom stereocenters. The van der Waals surface area contributed by atoms with Gasteiger partial charge in [0.2, 0.25) is 11.8 Å². The summed E-state index contributed by atoms with van der Waals surface area (Å²) in [6.07, 6.45) is 5.00. The molecule has 0 saturated heterocycles. The average molecular weight is 242 g/mol. The van der Waals surface area contributed by atoms with Crippen LogP contribution in [-0.4, -0.2) is 31.8 Å². The number of nitrogens with one attached hydrogen (secondary N) is 1. The van der Waals surface area contributed by atoms with Crippen LogP contribution in [0.15, 0.2) is 41.3 Å².